The highest BCUT2D eigenvalue weighted by Gasteiger charge is 2.15. The highest BCUT2D eigenvalue weighted by atomic mass is 19.1. The van der Waals surface area contributed by atoms with Crippen LogP contribution in [-0.4, -0.2) is 31.4 Å². The maximum atomic E-state index is 13.0. The van der Waals surface area contributed by atoms with Crippen molar-refractivity contribution in [1.29, 1.82) is 0 Å². The Morgan fingerprint density at radius 1 is 0.673 bits per heavy atom. The number of halogens is 2. The van der Waals surface area contributed by atoms with Crippen molar-refractivity contribution in [2.45, 2.75) is 83.7 Å². The van der Waals surface area contributed by atoms with Crippen molar-refractivity contribution in [2.75, 3.05) is 5.73 Å². The number of aryl methyl sites for hydroxylation is 2. The molecule has 2 aliphatic heterocycles. The molecule has 284 valence electrons. The molecule has 0 fully saturated rings. The van der Waals surface area contributed by atoms with Crippen LogP contribution in [0.4, 0.5) is 14.5 Å². The molecule has 0 saturated carbocycles. The van der Waals surface area contributed by atoms with E-state index in [1.165, 1.54) is 67.8 Å². The normalized spacial score (nSPS) is 13.9. The quantitative estimate of drug-likeness (QED) is 0.109. The first-order valence-corrected chi connectivity index (χ1v) is 18.7. The minimum Gasteiger partial charge on any atom is -0.429 e. The van der Waals surface area contributed by atoms with Gasteiger partial charge in [0.2, 0.25) is 0 Å². The number of carbonyl (C=O) groups is 2. The van der Waals surface area contributed by atoms with E-state index in [0.29, 0.717) is 39.8 Å². The molecule has 8 rings (SSSR count). The van der Waals surface area contributed by atoms with Crippen molar-refractivity contribution in [3.8, 4) is 5.75 Å². The van der Waals surface area contributed by atoms with E-state index < -0.39 is 0 Å². The summed E-state index contributed by atoms with van der Waals surface area (Å²) in [6.07, 6.45) is 10.9. The maximum Gasteiger partial charge on any atom is 0.298 e. The van der Waals surface area contributed by atoms with Gasteiger partial charge in [0.1, 0.15) is 29.0 Å². The van der Waals surface area contributed by atoms with Crippen molar-refractivity contribution in [3.63, 3.8) is 0 Å². The van der Waals surface area contributed by atoms with E-state index in [0.717, 1.165) is 80.8 Å². The zero-order valence-electron chi connectivity index (χ0n) is 30.5. The summed E-state index contributed by atoms with van der Waals surface area (Å²) in [6.45, 7) is 1.82. The summed E-state index contributed by atoms with van der Waals surface area (Å²) in [4.78, 5) is 56.8. The summed E-state index contributed by atoms with van der Waals surface area (Å²) in [5.41, 5.74) is 9.16. The number of fused-ring (bicyclic) bond motifs is 4. The number of nitrogen functional groups attached to an aromatic ring is 1. The van der Waals surface area contributed by atoms with Crippen LogP contribution in [0.2, 0.25) is 0 Å². The number of carbonyl (C=O) groups excluding carboxylic acids is 2. The van der Waals surface area contributed by atoms with Crippen LogP contribution >= 0.6 is 0 Å². The molecular formula is C43H43F2N5O5. The molecule has 4 aromatic carbocycles. The van der Waals surface area contributed by atoms with Crippen LogP contribution < -0.4 is 21.6 Å². The SMILES string of the molecule is Nc1ccc2c(=O)n3c(nc2c1)CCCCCC3.O=C(Cc1ccc2c(=O)n3c(nc2c1)CCCCCC3)c1ccc(F)cc1.O=COc1ccc(F)cc1. The molecule has 0 unspecified atom stereocenters. The molecule has 2 N–H and O–H groups in total. The maximum absolute atomic E-state index is 13.0. The highest BCUT2D eigenvalue weighted by Crippen LogP contribution is 2.19. The molecule has 10 nitrogen and oxygen atoms in total. The molecule has 0 radical (unpaired) electrons. The summed E-state index contributed by atoms with van der Waals surface area (Å²) >= 11 is 0. The molecule has 0 amide bonds. The summed E-state index contributed by atoms with van der Waals surface area (Å²) in [5.74, 6) is 1.30. The number of Topliss-reactive ketones (excluding diaryl/α,β-unsaturated/α-hetero) is 1. The first kappa shape index (κ1) is 38.7. The van der Waals surface area contributed by atoms with E-state index in [1.807, 2.05) is 21.3 Å². The Balaban J connectivity index is 0.000000157. The third-order valence-corrected chi connectivity index (χ3v) is 9.75. The molecule has 0 aliphatic carbocycles. The van der Waals surface area contributed by atoms with Gasteiger partial charge >= 0.3 is 0 Å². The third-order valence-electron chi connectivity index (χ3n) is 9.75. The van der Waals surface area contributed by atoms with Crippen LogP contribution in [0.15, 0.2) is 94.5 Å². The second kappa shape index (κ2) is 18.3. The van der Waals surface area contributed by atoms with Gasteiger partial charge < -0.3 is 10.5 Å². The van der Waals surface area contributed by atoms with Gasteiger partial charge in [-0.25, -0.2) is 18.7 Å². The van der Waals surface area contributed by atoms with Crippen molar-refractivity contribution >= 4 is 39.7 Å². The number of ether oxygens (including phenoxy) is 1. The third kappa shape index (κ3) is 9.94. The second-order valence-electron chi connectivity index (χ2n) is 13.7. The van der Waals surface area contributed by atoms with Gasteiger partial charge in [-0.3, -0.25) is 28.3 Å². The van der Waals surface area contributed by atoms with Gasteiger partial charge in [0.05, 0.1) is 21.8 Å². The van der Waals surface area contributed by atoms with E-state index in [4.69, 9.17) is 10.7 Å². The van der Waals surface area contributed by atoms with Gasteiger partial charge in [0.25, 0.3) is 17.6 Å². The van der Waals surface area contributed by atoms with E-state index in [-0.39, 0.29) is 35.0 Å². The molecule has 0 bridgehead atoms. The summed E-state index contributed by atoms with van der Waals surface area (Å²) in [6, 6.07) is 21.5. The number of aromatic nitrogens is 4. The van der Waals surface area contributed by atoms with Crippen LogP contribution in [0.5, 0.6) is 5.75 Å². The number of nitrogens with two attached hydrogens (primary N) is 1. The molecule has 4 heterocycles. The molecule has 0 spiro atoms. The molecule has 12 heteroatoms. The number of anilines is 1. The van der Waals surface area contributed by atoms with Gasteiger partial charge in [-0.15, -0.1) is 0 Å². The summed E-state index contributed by atoms with van der Waals surface area (Å²) < 4.78 is 33.3. The largest absolute Gasteiger partial charge is 0.429 e. The van der Waals surface area contributed by atoms with Gasteiger partial charge in [-0.1, -0.05) is 31.7 Å². The van der Waals surface area contributed by atoms with Crippen LogP contribution in [0.1, 0.15) is 78.9 Å². The lowest BCUT2D eigenvalue weighted by molar-refractivity contribution is -0.120. The molecule has 6 aromatic rings. The Kier molecular flexibility index (Phi) is 12.9. The monoisotopic (exact) mass is 747 g/mol. The Labute approximate surface area is 316 Å². The Bertz CT molecular complexity index is 2410. The number of nitrogens with zero attached hydrogens (tertiary/aromatic N) is 4. The lowest BCUT2D eigenvalue weighted by atomic mass is 10.0. The fraction of sp³-hybridized carbons (Fsp3) is 0.302. The van der Waals surface area contributed by atoms with Crippen molar-refractivity contribution in [3.05, 3.63) is 140 Å². The van der Waals surface area contributed by atoms with Crippen LogP contribution in [0.25, 0.3) is 21.8 Å². The number of benzene rings is 4. The summed E-state index contributed by atoms with van der Waals surface area (Å²) in [7, 11) is 0. The van der Waals surface area contributed by atoms with Gasteiger partial charge in [0.15, 0.2) is 5.78 Å². The van der Waals surface area contributed by atoms with E-state index >= 15 is 0 Å². The predicted octanol–water partition coefficient (Wildman–Crippen LogP) is 7.53. The van der Waals surface area contributed by atoms with Crippen molar-refractivity contribution in [1.82, 2.24) is 19.1 Å². The van der Waals surface area contributed by atoms with E-state index in [2.05, 4.69) is 9.72 Å². The van der Waals surface area contributed by atoms with Crippen LogP contribution in [-0.2, 0) is 37.1 Å². The molecule has 0 atom stereocenters. The Hall–Kier alpha value is -6.04. The topological polar surface area (TPSA) is 139 Å². The lowest BCUT2D eigenvalue weighted by Gasteiger charge is -2.16. The van der Waals surface area contributed by atoms with Gasteiger partial charge in [0, 0.05) is 43.6 Å². The zero-order chi connectivity index (χ0) is 38.7. The summed E-state index contributed by atoms with van der Waals surface area (Å²) in [5, 5.41) is 1.27. The lowest BCUT2D eigenvalue weighted by Crippen LogP contribution is -2.26. The highest BCUT2D eigenvalue weighted by molar-refractivity contribution is 5.98. The molecule has 2 aromatic heterocycles. The van der Waals surface area contributed by atoms with Crippen LogP contribution in [0.3, 0.4) is 0 Å². The van der Waals surface area contributed by atoms with Crippen LogP contribution in [0, 0.1) is 11.6 Å². The van der Waals surface area contributed by atoms with Gasteiger partial charge in [-0.05, 0) is 110 Å². The number of hydrogen-bond acceptors (Lipinski definition) is 8. The fourth-order valence-corrected chi connectivity index (χ4v) is 6.85. The molecular weight excluding hydrogens is 704 g/mol. The molecule has 2 aliphatic rings. The van der Waals surface area contributed by atoms with Crippen molar-refractivity contribution < 1.29 is 23.1 Å². The number of hydrogen-bond donors (Lipinski definition) is 1. The van der Waals surface area contributed by atoms with E-state index in [1.54, 1.807) is 24.3 Å². The number of ketones is 1. The molecule has 0 saturated heterocycles. The minimum atomic E-state index is -0.363. The average Bonchev–Trinajstić information content (AvgIpc) is 3.15. The van der Waals surface area contributed by atoms with Crippen molar-refractivity contribution in [2.24, 2.45) is 0 Å². The number of rotatable bonds is 5. The fourth-order valence-electron chi connectivity index (χ4n) is 6.85. The predicted molar refractivity (Wildman–Crippen MR) is 208 cm³/mol. The first-order chi connectivity index (χ1) is 26.7. The Morgan fingerprint density at radius 3 is 1.75 bits per heavy atom. The van der Waals surface area contributed by atoms with E-state index in [9.17, 15) is 28.0 Å². The Morgan fingerprint density at radius 2 is 1.18 bits per heavy atom. The standard InChI is InChI=1S/C22H21FN2O2.C14H17N3O.C7H5FO2/c23-17-9-7-16(8-10-17)20(26)14-15-6-11-18-19(13-15)24-21-5-3-1-2-4-12-25(21)22(18)27;15-10-6-7-11-12(9-10)16-13-5-3-1-2-4-8-17(13)14(11)18;8-6-1-3-7(4-2-6)10-5-9/h6-11,13H,1-5,12,14H2;6-7,9H,1-5,8,15H2;1-5H. The molecule has 55 heavy (non-hydrogen) atoms. The average molecular weight is 748 g/mol. The zero-order valence-corrected chi connectivity index (χ0v) is 30.5. The smallest absolute Gasteiger partial charge is 0.298 e. The second-order valence-corrected chi connectivity index (χ2v) is 13.7. The minimum absolute atomic E-state index is 0.00770. The first-order valence-electron chi connectivity index (χ1n) is 18.7. The van der Waals surface area contributed by atoms with Gasteiger partial charge in [-0.2, -0.15) is 0 Å².